The molecule has 2 bridgehead atoms. The van der Waals surface area contributed by atoms with Crippen LogP contribution in [0.15, 0.2) is 30.5 Å². The molecule has 4 heterocycles. The molecule has 0 saturated carbocycles. The molecule has 0 aliphatic carbocycles. The number of fused-ring (bicyclic) bond motifs is 2. The van der Waals surface area contributed by atoms with E-state index in [1.54, 1.807) is 6.20 Å². The molecule has 2 aromatic rings. The van der Waals surface area contributed by atoms with Crippen LogP contribution in [0.5, 0.6) is 0 Å². The third kappa shape index (κ3) is 2.67. The van der Waals surface area contributed by atoms with Crippen molar-refractivity contribution in [3.05, 3.63) is 53.5 Å². The summed E-state index contributed by atoms with van der Waals surface area (Å²) in [5.74, 6) is 0.994. The minimum Gasteiger partial charge on any atom is -0.353 e. The lowest BCUT2D eigenvalue weighted by Gasteiger charge is -2.56. The van der Waals surface area contributed by atoms with E-state index >= 15 is 0 Å². The molecule has 6 heteroatoms. The van der Waals surface area contributed by atoms with Crippen LogP contribution in [0.3, 0.4) is 0 Å². The Balaban J connectivity index is 1.46. The third-order valence-corrected chi connectivity index (χ3v) is 4.79. The van der Waals surface area contributed by atoms with Gasteiger partial charge in [-0.05, 0) is 37.6 Å². The van der Waals surface area contributed by atoms with E-state index < -0.39 is 0 Å². The maximum atomic E-state index is 13.8. The van der Waals surface area contributed by atoms with E-state index in [2.05, 4.69) is 19.8 Å². The average Bonchev–Trinajstić information content (AvgIpc) is 2.55. The smallest absolute Gasteiger partial charge is 0.132 e. The summed E-state index contributed by atoms with van der Waals surface area (Å²) in [6.45, 7) is 4.08. The molecule has 0 spiro atoms. The van der Waals surface area contributed by atoms with Crippen LogP contribution in [0.2, 0.25) is 0 Å². The number of piperidine rings is 1. The SMILES string of the molecule is Cc1nccc(N2CC3CC(C2)N3Cc2cc(F)ccc2F)n1. The van der Waals surface area contributed by atoms with E-state index in [0.717, 1.165) is 37.2 Å². The Bertz CT molecular complexity index is 724. The topological polar surface area (TPSA) is 32.3 Å². The average molecular weight is 316 g/mol. The zero-order chi connectivity index (χ0) is 16.0. The van der Waals surface area contributed by atoms with Crippen molar-refractivity contribution in [1.29, 1.82) is 0 Å². The Morgan fingerprint density at radius 1 is 1.17 bits per heavy atom. The maximum absolute atomic E-state index is 13.8. The van der Waals surface area contributed by atoms with E-state index in [-0.39, 0.29) is 11.6 Å². The first kappa shape index (κ1) is 14.5. The molecule has 3 saturated heterocycles. The molecule has 3 aliphatic heterocycles. The molecule has 23 heavy (non-hydrogen) atoms. The van der Waals surface area contributed by atoms with E-state index in [1.807, 2.05) is 13.0 Å². The fourth-order valence-corrected chi connectivity index (χ4v) is 3.61. The number of benzene rings is 1. The highest BCUT2D eigenvalue weighted by molar-refractivity contribution is 5.40. The molecule has 0 N–H and O–H groups in total. The van der Waals surface area contributed by atoms with E-state index in [9.17, 15) is 8.78 Å². The molecular weight excluding hydrogens is 298 g/mol. The van der Waals surface area contributed by atoms with Crippen molar-refractivity contribution in [2.24, 2.45) is 0 Å². The van der Waals surface area contributed by atoms with Gasteiger partial charge >= 0.3 is 0 Å². The lowest BCUT2D eigenvalue weighted by molar-refractivity contribution is -0.00954. The van der Waals surface area contributed by atoms with Gasteiger partial charge in [-0.2, -0.15) is 0 Å². The van der Waals surface area contributed by atoms with Gasteiger partial charge in [-0.3, -0.25) is 4.90 Å². The Kier molecular flexibility index (Phi) is 3.49. The first-order chi connectivity index (χ1) is 11.1. The molecule has 1 aromatic carbocycles. The van der Waals surface area contributed by atoms with Crippen LogP contribution in [0.4, 0.5) is 14.6 Å². The quantitative estimate of drug-likeness (QED) is 0.871. The van der Waals surface area contributed by atoms with Crippen LogP contribution in [0, 0.1) is 18.6 Å². The second kappa shape index (κ2) is 5.53. The zero-order valence-electron chi connectivity index (χ0n) is 12.9. The monoisotopic (exact) mass is 316 g/mol. The fraction of sp³-hybridized carbons (Fsp3) is 0.412. The molecule has 0 amide bonds. The van der Waals surface area contributed by atoms with Gasteiger partial charge in [0.1, 0.15) is 23.3 Å². The predicted molar refractivity (Wildman–Crippen MR) is 83.1 cm³/mol. The van der Waals surface area contributed by atoms with Gasteiger partial charge in [0.05, 0.1) is 0 Å². The highest BCUT2D eigenvalue weighted by atomic mass is 19.1. The highest BCUT2D eigenvalue weighted by Crippen LogP contribution is 2.35. The number of halogens is 2. The molecule has 4 nitrogen and oxygen atoms in total. The van der Waals surface area contributed by atoms with Gasteiger partial charge < -0.3 is 4.90 Å². The normalized spacial score (nSPS) is 23.7. The van der Waals surface area contributed by atoms with Crippen LogP contribution >= 0.6 is 0 Å². The second-order valence-electron chi connectivity index (χ2n) is 6.32. The van der Waals surface area contributed by atoms with Gasteiger partial charge in [-0.25, -0.2) is 18.7 Å². The highest BCUT2D eigenvalue weighted by Gasteiger charge is 2.44. The van der Waals surface area contributed by atoms with Gasteiger partial charge in [0.2, 0.25) is 0 Å². The number of aryl methyl sites for hydroxylation is 1. The van der Waals surface area contributed by atoms with Crippen molar-refractivity contribution in [1.82, 2.24) is 14.9 Å². The Morgan fingerprint density at radius 3 is 2.70 bits per heavy atom. The molecule has 2 atom stereocenters. The fourth-order valence-electron chi connectivity index (χ4n) is 3.61. The lowest BCUT2D eigenvalue weighted by Crippen LogP contribution is -2.68. The van der Waals surface area contributed by atoms with Gasteiger partial charge in [-0.1, -0.05) is 0 Å². The molecule has 120 valence electrons. The standard InChI is InChI=1S/C17H18F2N4/c1-11-20-5-4-17(21-11)22-9-14-7-15(10-22)23(14)8-12-6-13(18)2-3-16(12)19/h2-6,14-15H,7-10H2,1H3. The number of piperazine rings is 1. The van der Waals surface area contributed by atoms with E-state index in [4.69, 9.17) is 0 Å². The van der Waals surface area contributed by atoms with Crippen molar-refractivity contribution in [2.45, 2.75) is 32.0 Å². The Labute approximate surface area is 133 Å². The van der Waals surface area contributed by atoms with Crippen molar-refractivity contribution >= 4 is 5.82 Å². The van der Waals surface area contributed by atoms with Crippen molar-refractivity contribution in [2.75, 3.05) is 18.0 Å². The number of hydrogen-bond donors (Lipinski definition) is 0. The van der Waals surface area contributed by atoms with E-state index in [1.165, 1.54) is 12.1 Å². The summed E-state index contributed by atoms with van der Waals surface area (Å²) < 4.78 is 27.2. The van der Waals surface area contributed by atoms with Crippen molar-refractivity contribution in [3.8, 4) is 0 Å². The summed E-state index contributed by atoms with van der Waals surface area (Å²) in [7, 11) is 0. The van der Waals surface area contributed by atoms with Crippen LogP contribution in [0.1, 0.15) is 17.8 Å². The first-order valence-corrected chi connectivity index (χ1v) is 7.84. The molecular formula is C17H18F2N4. The van der Waals surface area contributed by atoms with Crippen molar-refractivity contribution < 1.29 is 8.78 Å². The number of nitrogens with zero attached hydrogens (tertiary/aromatic N) is 4. The summed E-state index contributed by atoms with van der Waals surface area (Å²) in [6.07, 6.45) is 2.88. The zero-order valence-corrected chi connectivity index (χ0v) is 12.9. The van der Waals surface area contributed by atoms with Gasteiger partial charge in [0.15, 0.2) is 0 Å². The first-order valence-electron chi connectivity index (χ1n) is 7.84. The minimum absolute atomic E-state index is 0.334. The third-order valence-electron chi connectivity index (χ3n) is 4.79. The molecule has 2 unspecified atom stereocenters. The minimum atomic E-state index is -0.384. The van der Waals surface area contributed by atoms with E-state index in [0.29, 0.717) is 24.2 Å². The number of anilines is 1. The maximum Gasteiger partial charge on any atom is 0.132 e. The summed E-state index contributed by atoms with van der Waals surface area (Å²) in [5.41, 5.74) is 0.436. The number of aromatic nitrogens is 2. The van der Waals surface area contributed by atoms with Gasteiger partial charge in [0, 0.05) is 43.5 Å². The molecule has 3 aliphatic rings. The molecule has 5 rings (SSSR count). The van der Waals surface area contributed by atoms with Gasteiger partial charge in [0.25, 0.3) is 0 Å². The lowest BCUT2D eigenvalue weighted by atomic mass is 9.86. The predicted octanol–water partition coefficient (Wildman–Crippen LogP) is 2.53. The van der Waals surface area contributed by atoms with Crippen LogP contribution < -0.4 is 4.90 Å². The molecule has 0 radical (unpaired) electrons. The summed E-state index contributed by atoms with van der Waals surface area (Å²) in [5, 5.41) is 0. The van der Waals surface area contributed by atoms with Gasteiger partial charge in [-0.15, -0.1) is 0 Å². The molecule has 1 aromatic heterocycles. The summed E-state index contributed by atoms with van der Waals surface area (Å²) >= 11 is 0. The van der Waals surface area contributed by atoms with Crippen molar-refractivity contribution in [3.63, 3.8) is 0 Å². The Hall–Kier alpha value is -2.08. The molecule has 3 fully saturated rings. The summed E-state index contributed by atoms with van der Waals surface area (Å²) in [6, 6.07) is 6.33. The largest absolute Gasteiger partial charge is 0.353 e. The van der Waals surface area contributed by atoms with Crippen LogP contribution in [-0.2, 0) is 6.54 Å². The second-order valence-corrected chi connectivity index (χ2v) is 6.32. The Morgan fingerprint density at radius 2 is 1.96 bits per heavy atom. The van der Waals surface area contributed by atoms with Crippen LogP contribution in [0.25, 0.3) is 0 Å². The van der Waals surface area contributed by atoms with Crippen LogP contribution in [-0.4, -0.2) is 40.0 Å². The number of rotatable bonds is 3. The summed E-state index contributed by atoms with van der Waals surface area (Å²) in [4.78, 5) is 13.1. The number of hydrogen-bond acceptors (Lipinski definition) is 4.